The first kappa shape index (κ1) is 16.1. The Morgan fingerprint density at radius 1 is 1.43 bits per heavy atom. The number of nitriles is 1. The van der Waals surface area contributed by atoms with Gasteiger partial charge in [0.2, 0.25) is 0 Å². The minimum absolute atomic E-state index is 0.227. The quantitative estimate of drug-likeness (QED) is 0.642. The molecule has 1 aromatic heterocycles. The molecule has 8 heteroatoms. The van der Waals surface area contributed by atoms with Crippen LogP contribution in [0.25, 0.3) is 10.2 Å². The van der Waals surface area contributed by atoms with Gasteiger partial charge in [0.1, 0.15) is 5.40 Å². The first-order chi connectivity index (χ1) is 11.2. The minimum Gasteiger partial charge on any atom is -0.337 e. The Labute approximate surface area is 142 Å². The fraction of sp³-hybridized carbons (Fsp3) is 0.400. The fourth-order valence-corrected chi connectivity index (χ4v) is 3.94. The van der Waals surface area contributed by atoms with Crippen molar-refractivity contribution in [1.82, 2.24) is 15.2 Å². The number of rotatable bonds is 5. The molecule has 0 spiro atoms. The van der Waals surface area contributed by atoms with E-state index >= 15 is 0 Å². The van der Waals surface area contributed by atoms with Gasteiger partial charge in [-0.15, -0.1) is 0 Å². The number of nitrogens with zero attached hydrogens (tertiary/aromatic N) is 3. The van der Waals surface area contributed by atoms with E-state index in [4.69, 9.17) is 5.26 Å². The Bertz CT molecular complexity index is 733. The number of thiocyanates is 1. The van der Waals surface area contributed by atoms with Gasteiger partial charge in [0, 0.05) is 18.0 Å². The van der Waals surface area contributed by atoms with Gasteiger partial charge in [0.15, 0.2) is 5.13 Å². The molecule has 2 heterocycles. The second kappa shape index (κ2) is 7.64. The van der Waals surface area contributed by atoms with Crippen molar-refractivity contribution in [3.05, 3.63) is 18.2 Å². The lowest BCUT2D eigenvalue weighted by Gasteiger charge is -2.14. The van der Waals surface area contributed by atoms with Crippen LogP contribution in [0.5, 0.6) is 0 Å². The third kappa shape index (κ3) is 4.34. The van der Waals surface area contributed by atoms with Gasteiger partial charge in [-0.25, -0.2) is 9.78 Å². The summed E-state index contributed by atoms with van der Waals surface area (Å²) in [5.41, 5.74) is 0.824. The average Bonchev–Trinajstić information content (AvgIpc) is 3.16. The molecule has 0 unspecified atom stereocenters. The van der Waals surface area contributed by atoms with Gasteiger partial charge < -0.3 is 10.2 Å². The molecule has 2 N–H and O–H groups in total. The van der Waals surface area contributed by atoms with Crippen molar-refractivity contribution < 1.29 is 4.79 Å². The number of amides is 2. The number of aromatic nitrogens is 1. The smallest absolute Gasteiger partial charge is 0.321 e. The van der Waals surface area contributed by atoms with Crippen LogP contribution >= 0.6 is 23.1 Å². The van der Waals surface area contributed by atoms with Crippen LogP contribution in [0.4, 0.5) is 9.93 Å². The van der Waals surface area contributed by atoms with Crippen molar-refractivity contribution >= 4 is 44.5 Å². The number of thiazole rings is 1. The topological polar surface area (TPSA) is 81.0 Å². The molecule has 0 aliphatic carbocycles. The molecule has 1 aliphatic rings. The van der Waals surface area contributed by atoms with E-state index in [9.17, 15) is 4.79 Å². The number of anilines is 1. The zero-order chi connectivity index (χ0) is 16.1. The number of hydrogen-bond acceptors (Lipinski definition) is 6. The summed E-state index contributed by atoms with van der Waals surface area (Å²) >= 11 is 2.52. The number of nitrogens with one attached hydrogen (secondary N) is 2. The lowest BCUT2D eigenvalue weighted by molar-refractivity contribution is 0.249. The summed E-state index contributed by atoms with van der Waals surface area (Å²) in [4.78, 5) is 19.5. The summed E-state index contributed by atoms with van der Waals surface area (Å²) in [6.07, 6.45) is 2.51. The molecular weight excluding hydrogens is 330 g/mol. The predicted octanol–water partition coefficient (Wildman–Crippen LogP) is 3.09. The molecule has 0 radical (unpaired) electrons. The Kier molecular flexibility index (Phi) is 5.33. The van der Waals surface area contributed by atoms with Crippen LogP contribution in [-0.4, -0.2) is 42.1 Å². The molecule has 2 aromatic rings. The van der Waals surface area contributed by atoms with Gasteiger partial charge >= 0.3 is 6.03 Å². The second-order valence-electron chi connectivity index (χ2n) is 5.27. The zero-order valence-electron chi connectivity index (χ0n) is 12.5. The minimum atomic E-state index is -0.227. The molecule has 1 aromatic carbocycles. The van der Waals surface area contributed by atoms with Crippen molar-refractivity contribution in [2.45, 2.75) is 17.7 Å². The summed E-state index contributed by atoms with van der Waals surface area (Å²) in [5.74, 6) is 0. The third-order valence-electron chi connectivity index (χ3n) is 3.66. The van der Waals surface area contributed by atoms with Crippen molar-refractivity contribution in [2.75, 3.05) is 31.5 Å². The largest absolute Gasteiger partial charge is 0.337 e. The third-order valence-corrected chi connectivity index (χ3v) is 5.17. The highest BCUT2D eigenvalue weighted by Gasteiger charge is 2.12. The Balaban J connectivity index is 1.53. The van der Waals surface area contributed by atoms with E-state index in [0.717, 1.165) is 46.5 Å². The number of carbonyl (C=O) groups excluding carboxylic acids is 1. The average molecular weight is 347 g/mol. The number of urea groups is 1. The van der Waals surface area contributed by atoms with Gasteiger partial charge in [0.05, 0.1) is 10.2 Å². The molecule has 3 rings (SSSR count). The van der Waals surface area contributed by atoms with Gasteiger partial charge in [-0.2, -0.15) is 5.26 Å². The number of fused-ring (bicyclic) bond motifs is 1. The number of carbonyl (C=O) groups is 1. The zero-order valence-corrected chi connectivity index (χ0v) is 14.2. The highest BCUT2D eigenvalue weighted by Crippen LogP contribution is 2.29. The normalized spacial score (nSPS) is 14.7. The first-order valence-electron chi connectivity index (χ1n) is 7.48. The molecule has 2 amide bonds. The molecular formula is C15H17N5OS2. The van der Waals surface area contributed by atoms with Gasteiger partial charge in [-0.3, -0.25) is 5.32 Å². The Morgan fingerprint density at radius 2 is 2.26 bits per heavy atom. The van der Waals surface area contributed by atoms with Crippen LogP contribution in [-0.2, 0) is 0 Å². The maximum absolute atomic E-state index is 11.9. The molecule has 23 heavy (non-hydrogen) atoms. The van der Waals surface area contributed by atoms with Crippen molar-refractivity contribution in [3.8, 4) is 5.40 Å². The van der Waals surface area contributed by atoms with E-state index in [0.29, 0.717) is 11.7 Å². The van der Waals surface area contributed by atoms with Crippen LogP contribution in [0, 0.1) is 10.7 Å². The second-order valence-corrected chi connectivity index (χ2v) is 7.16. The van der Waals surface area contributed by atoms with Crippen LogP contribution in [0.1, 0.15) is 12.8 Å². The molecule has 1 aliphatic heterocycles. The van der Waals surface area contributed by atoms with Gasteiger partial charge in [-0.1, -0.05) is 11.3 Å². The number of thioether (sulfide) groups is 1. The molecule has 0 saturated carbocycles. The summed E-state index contributed by atoms with van der Waals surface area (Å²) in [6, 6.07) is 5.41. The summed E-state index contributed by atoms with van der Waals surface area (Å²) in [6.45, 7) is 3.79. The van der Waals surface area contributed by atoms with Crippen LogP contribution in [0.15, 0.2) is 23.1 Å². The van der Waals surface area contributed by atoms with E-state index in [1.54, 1.807) is 0 Å². The molecule has 1 fully saturated rings. The lowest BCUT2D eigenvalue weighted by atomic mass is 10.3. The van der Waals surface area contributed by atoms with E-state index in [1.165, 1.54) is 24.2 Å². The van der Waals surface area contributed by atoms with E-state index in [-0.39, 0.29) is 6.03 Å². The van der Waals surface area contributed by atoms with E-state index in [1.807, 2.05) is 18.2 Å². The molecule has 6 nitrogen and oxygen atoms in total. The lowest BCUT2D eigenvalue weighted by Crippen LogP contribution is -2.35. The first-order valence-corrected chi connectivity index (χ1v) is 9.11. The fourth-order valence-electron chi connectivity index (χ4n) is 2.55. The van der Waals surface area contributed by atoms with Crippen LogP contribution < -0.4 is 10.6 Å². The van der Waals surface area contributed by atoms with Crippen molar-refractivity contribution in [1.29, 1.82) is 5.26 Å². The van der Waals surface area contributed by atoms with E-state index in [2.05, 4.69) is 25.9 Å². The Hall–Kier alpha value is -1.82. The standard InChI is InChI=1S/C15H17N5OS2/c16-10-22-11-3-4-12-13(9-11)23-15(18-12)19-14(21)17-5-8-20-6-1-2-7-20/h3-4,9H,1-2,5-8H2,(H2,17,18,19,21). The van der Waals surface area contributed by atoms with Crippen LogP contribution in [0.2, 0.25) is 0 Å². The van der Waals surface area contributed by atoms with Crippen LogP contribution in [0.3, 0.4) is 0 Å². The highest BCUT2D eigenvalue weighted by molar-refractivity contribution is 8.03. The SMILES string of the molecule is N#CSc1ccc2nc(NC(=O)NCCN3CCCC3)sc2c1. The number of benzene rings is 1. The maximum atomic E-state index is 11.9. The summed E-state index contributed by atoms with van der Waals surface area (Å²) < 4.78 is 0.956. The van der Waals surface area contributed by atoms with Gasteiger partial charge in [0.25, 0.3) is 0 Å². The predicted molar refractivity (Wildman–Crippen MR) is 93.8 cm³/mol. The van der Waals surface area contributed by atoms with Crippen molar-refractivity contribution in [3.63, 3.8) is 0 Å². The van der Waals surface area contributed by atoms with Gasteiger partial charge in [-0.05, 0) is 55.9 Å². The van der Waals surface area contributed by atoms with Crippen molar-refractivity contribution in [2.24, 2.45) is 0 Å². The molecule has 1 saturated heterocycles. The number of likely N-dealkylation sites (tertiary alicyclic amines) is 1. The maximum Gasteiger partial charge on any atom is 0.321 e. The number of hydrogen-bond donors (Lipinski definition) is 2. The molecule has 120 valence electrons. The monoisotopic (exact) mass is 347 g/mol. The molecule has 0 bridgehead atoms. The highest BCUT2D eigenvalue weighted by atomic mass is 32.2. The summed E-state index contributed by atoms with van der Waals surface area (Å²) in [7, 11) is 0. The summed E-state index contributed by atoms with van der Waals surface area (Å²) in [5, 5.41) is 17.0. The molecule has 0 atom stereocenters. The van der Waals surface area contributed by atoms with E-state index < -0.39 is 0 Å². The Morgan fingerprint density at radius 3 is 3.04 bits per heavy atom.